The minimum Gasteiger partial charge on any atom is -0.329 e. The second-order valence-corrected chi connectivity index (χ2v) is 4.53. The molecule has 1 N–H and O–H groups in total. The first-order valence-corrected chi connectivity index (χ1v) is 6.02. The summed E-state index contributed by atoms with van der Waals surface area (Å²) in [5, 5.41) is 0. The number of aromatic amines is 1. The molecule has 0 aliphatic rings. The third kappa shape index (κ3) is 2.15. The van der Waals surface area contributed by atoms with Crippen LogP contribution in [0.5, 0.6) is 0 Å². The number of aromatic nitrogens is 3. The summed E-state index contributed by atoms with van der Waals surface area (Å²) >= 11 is 5.20. The van der Waals surface area contributed by atoms with E-state index in [1.807, 2.05) is 0 Å². The molecule has 3 aromatic rings. The smallest absolute Gasteiger partial charge is 0.178 e. The summed E-state index contributed by atoms with van der Waals surface area (Å²) in [5.41, 5.74) is 2.01. The number of imidazole rings is 1. The van der Waals surface area contributed by atoms with Crippen molar-refractivity contribution in [1.82, 2.24) is 14.5 Å². The van der Waals surface area contributed by atoms with Crippen LogP contribution in [0.1, 0.15) is 5.56 Å². The average molecular weight is 277 g/mol. The van der Waals surface area contributed by atoms with Crippen LogP contribution in [0.4, 0.5) is 8.78 Å². The van der Waals surface area contributed by atoms with Crippen molar-refractivity contribution in [2.24, 2.45) is 0 Å². The Balaban J connectivity index is 2.10. The largest absolute Gasteiger partial charge is 0.329 e. The van der Waals surface area contributed by atoms with Gasteiger partial charge in [0, 0.05) is 17.8 Å². The molecule has 1 aromatic carbocycles. The Morgan fingerprint density at radius 2 is 2.11 bits per heavy atom. The van der Waals surface area contributed by atoms with Crippen LogP contribution in [0.15, 0.2) is 36.7 Å². The molecule has 0 spiro atoms. The van der Waals surface area contributed by atoms with Crippen molar-refractivity contribution < 1.29 is 8.78 Å². The zero-order valence-electron chi connectivity index (χ0n) is 9.73. The summed E-state index contributed by atoms with van der Waals surface area (Å²) in [4.78, 5) is 6.99. The molecule has 0 aliphatic heterocycles. The molecule has 0 saturated carbocycles. The standard InChI is InChI=1S/C13H9F2N3S/c14-9-2-1-8(10(15)5-9)7-18-12-3-4-16-6-11(12)17-13(18)19/h1-6H,7H2,(H,17,19). The van der Waals surface area contributed by atoms with E-state index in [4.69, 9.17) is 12.2 Å². The van der Waals surface area contributed by atoms with Gasteiger partial charge in [0.1, 0.15) is 11.6 Å². The second kappa shape index (κ2) is 4.55. The van der Waals surface area contributed by atoms with Crippen LogP contribution >= 0.6 is 12.2 Å². The third-order valence-electron chi connectivity index (χ3n) is 2.92. The van der Waals surface area contributed by atoms with Crippen LogP contribution in [0.2, 0.25) is 0 Å². The van der Waals surface area contributed by atoms with E-state index in [1.165, 1.54) is 12.1 Å². The van der Waals surface area contributed by atoms with Crippen molar-refractivity contribution in [3.05, 3.63) is 58.6 Å². The summed E-state index contributed by atoms with van der Waals surface area (Å²) in [6, 6.07) is 5.32. The first-order chi connectivity index (χ1) is 9.15. The maximum absolute atomic E-state index is 13.7. The lowest BCUT2D eigenvalue weighted by molar-refractivity contribution is 0.567. The van der Waals surface area contributed by atoms with Gasteiger partial charge in [0.25, 0.3) is 0 Å². The molecule has 3 nitrogen and oxygen atoms in total. The van der Waals surface area contributed by atoms with E-state index < -0.39 is 11.6 Å². The molecule has 96 valence electrons. The van der Waals surface area contributed by atoms with Gasteiger partial charge >= 0.3 is 0 Å². The first kappa shape index (κ1) is 12.0. The lowest BCUT2D eigenvalue weighted by Gasteiger charge is -2.06. The molecular formula is C13H9F2N3S. The number of nitrogens with zero attached hydrogens (tertiary/aromatic N) is 2. The van der Waals surface area contributed by atoms with Gasteiger partial charge in [-0.2, -0.15) is 0 Å². The first-order valence-electron chi connectivity index (χ1n) is 5.61. The van der Waals surface area contributed by atoms with Crippen molar-refractivity contribution in [1.29, 1.82) is 0 Å². The zero-order chi connectivity index (χ0) is 13.4. The number of fused-ring (bicyclic) bond motifs is 1. The SMILES string of the molecule is Fc1ccc(Cn2c(=S)[nH]c3cnccc32)c(F)c1. The number of hydrogen-bond acceptors (Lipinski definition) is 2. The lowest BCUT2D eigenvalue weighted by atomic mass is 10.2. The fourth-order valence-corrected chi connectivity index (χ4v) is 2.26. The van der Waals surface area contributed by atoms with Gasteiger partial charge in [-0.1, -0.05) is 6.07 Å². The second-order valence-electron chi connectivity index (χ2n) is 4.14. The van der Waals surface area contributed by atoms with Crippen molar-refractivity contribution in [3.8, 4) is 0 Å². The van der Waals surface area contributed by atoms with Gasteiger partial charge in [-0.3, -0.25) is 4.98 Å². The number of nitrogens with one attached hydrogen (secondary N) is 1. The van der Waals surface area contributed by atoms with Crippen LogP contribution in [-0.4, -0.2) is 14.5 Å². The van der Waals surface area contributed by atoms with Crippen LogP contribution < -0.4 is 0 Å². The van der Waals surface area contributed by atoms with Crippen LogP contribution in [0.25, 0.3) is 11.0 Å². The number of halogens is 2. The molecule has 0 atom stereocenters. The van der Waals surface area contributed by atoms with Crippen molar-refractivity contribution in [2.45, 2.75) is 6.54 Å². The third-order valence-corrected chi connectivity index (χ3v) is 3.24. The minimum absolute atomic E-state index is 0.245. The molecule has 0 aliphatic carbocycles. The molecule has 2 aromatic heterocycles. The number of hydrogen-bond donors (Lipinski definition) is 1. The normalized spacial score (nSPS) is 11.1. The van der Waals surface area contributed by atoms with Crippen LogP contribution in [-0.2, 0) is 6.54 Å². The summed E-state index contributed by atoms with van der Waals surface area (Å²) < 4.78 is 28.8. The number of rotatable bonds is 2. The lowest BCUT2D eigenvalue weighted by Crippen LogP contribution is -2.02. The summed E-state index contributed by atoms with van der Waals surface area (Å²) in [6.45, 7) is 0.245. The van der Waals surface area contributed by atoms with E-state index in [0.717, 1.165) is 17.1 Å². The summed E-state index contributed by atoms with van der Waals surface area (Å²) in [6.07, 6.45) is 3.30. The predicted molar refractivity (Wildman–Crippen MR) is 70.4 cm³/mol. The monoisotopic (exact) mass is 277 g/mol. The van der Waals surface area contributed by atoms with Gasteiger partial charge in [-0.05, 0) is 24.4 Å². The maximum atomic E-state index is 13.7. The van der Waals surface area contributed by atoms with Crippen molar-refractivity contribution >= 4 is 23.3 Å². The molecule has 3 rings (SSSR count). The van der Waals surface area contributed by atoms with Gasteiger partial charge in [0.05, 0.1) is 23.8 Å². The maximum Gasteiger partial charge on any atom is 0.178 e. The highest BCUT2D eigenvalue weighted by molar-refractivity contribution is 7.71. The molecule has 0 unspecified atom stereocenters. The molecular weight excluding hydrogens is 268 g/mol. The fraction of sp³-hybridized carbons (Fsp3) is 0.0769. The molecule has 0 amide bonds. The Labute approximate surface area is 112 Å². The average Bonchev–Trinajstić information content (AvgIpc) is 2.69. The van der Waals surface area contributed by atoms with Gasteiger partial charge < -0.3 is 9.55 Å². The Hall–Kier alpha value is -2.08. The molecule has 19 heavy (non-hydrogen) atoms. The molecule has 2 heterocycles. The van der Waals surface area contributed by atoms with E-state index in [9.17, 15) is 8.78 Å². The topological polar surface area (TPSA) is 33.6 Å². The molecule has 0 fully saturated rings. The van der Waals surface area contributed by atoms with Gasteiger partial charge in [0.15, 0.2) is 4.77 Å². The highest BCUT2D eigenvalue weighted by atomic mass is 32.1. The highest BCUT2D eigenvalue weighted by Gasteiger charge is 2.08. The van der Waals surface area contributed by atoms with Crippen molar-refractivity contribution in [3.63, 3.8) is 0 Å². The quantitative estimate of drug-likeness (QED) is 0.728. The Bertz CT molecular complexity index is 807. The number of H-pyrrole nitrogens is 1. The number of benzene rings is 1. The fourth-order valence-electron chi connectivity index (χ4n) is 1.99. The molecule has 0 saturated heterocycles. The Morgan fingerprint density at radius 3 is 2.89 bits per heavy atom. The predicted octanol–water partition coefficient (Wildman–Crippen LogP) is 3.42. The van der Waals surface area contributed by atoms with Gasteiger partial charge in [-0.25, -0.2) is 8.78 Å². The summed E-state index contributed by atoms with van der Waals surface area (Å²) in [5.74, 6) is -1.17. The van der Waals surface area contributed by atoms with Crippen LogP contribution in [0.3, 0.4) is 0 Å². The highest BCUT2D eigenvalue weighted by Crippen LogP contribution is 2.17. The molecule has 0 radical (unpaired) electrons. The zero-order valence-corrected chi connectivity index (χ0v) is 10.5. The van der Waals surface area contributed by atoms with Gasteiger partial charge in [0.2, 0.25) is 0 Å². The number of pyridine rings is 1. The Kier molecular flexibility index (Phi) is 2.87. The van der Waals surface area contributed by atoms with E-state index in [-0.39, 0.29) is 6.54 Å². The molecule has 0 bridgehead atoms. The van der Waals surface area contributed by atoms with Crippen LogP contribution in [0, 0.1) is 16.4 Å². The van der Waals surface area contributed by atoms with Crippen molar-refractivity contribution in [2.75, 3.05) is 0 Å². The van der Waals surface area contributed by atoms with E-state index in [1.54, 1.807) is 23.0 Å². The summed E-state index contributed by atoms with van der Waals surface area (Å²) in [7, 11) is 0. The molecule has 6 heteroatoms. The van der Waals surface area contributed by atoms with Gasteiger partial charge in [-0.15, -0.1) is 0 Å². The van der Waals surface area contributed by atoms with E-state index in [0.29, 0.717) is 10.3 Å². The Morgan fingerprint density at radius 1 is 1.26 bits per heavy atom. The van der Waals surface area contributed by atoms with E-state index >= 15 is 0 Å². The van der Waals surface area contributed by atoms with E-state index in [2.05, 4.69) is 9.97 Å². The minimum atomic E-state index is -0.590.